The molecule has 6 rings (SSSR count). The number of benzene rings is 1. The van der Waals surface area contributed by atoms with E-state index in [1.165, 1.54) is 6.33 Å². The normalized spacial score (nSPS) is 21.6. The van der Waals surface area contributed by atoms with Gasteiger partial charge in [-0.2, -0.15) is 5.10 Å². The largest absolute Gasteiger partial charge is 0.493 e. The van der Waals surface area contributed by atoms with Crippen molar-refractivity contribution in [3.05, 3.63) is 46.8 Å². The van der Waals surface area contributed by atoms with Crippen LogP contribution in [0.5, 0.6) is 5.75 Å². The minimum absolute atomic E-state index is 0.0212. The van der Waals surface area contributed by atoms with Crippen molar-refractivity contribution < 1.29 is 9.47 Å². The highest BCUT2D eigenvalue weighted by atomic mass is 16.5. The lowest BCUT2D eigenvalue weighted by Crippen LogP contribution is -2.45. The first kappa shape index (κ1) is 23.2. The molecule has 9 nitrogen and oxygen atoms in total. The number of H-pyrrole nitrogens is 1. The minimum atomic E-state index is -0.0212. The van der Waals surface area contributed by atoms with Crippen LogP contribution in [0.15, 0.2) is 35.5 Å². The molecule has 0 bridgehead atoms. The molecule has 1 N–H and O–H groups in total. The van der Waals surface area contributed by atoms with Crippen LogP contribution in [0.2, 0.25) is 0 Å². The lowest BCUT2D eigenvalue weighted by Gasteiger charge is -2.40. The SMILES string of the molecule is COc1cc(-c2cc3[nH]c(=O)n([C@H]4CC[C@@H](N(C)C5CCOCC5)CC4)c3cc2C)cn2ncnc12. The zero-order chi connectivity index (χ0) is 24.8. The number of hydrogen-bond donors (Lipinski definition) is 1. The molecule has 2 aliphatic rings. The standard InChI is InChI=1S/C27H34N6O3/c1-17-12-24-23(14-22(17)18-13-25(35-3)26-28-16-29-32(26)15-18)30-27(34)33(24)21-6-4-19(5-7-21)31(2)20-8-10-36-11-9-20/h12-16,19-21H,4-11H2,1-3H3,(H,30,34)/t19-,21+. The fourth-order valence-electron chi connectivity index (χ4n) is 6.26. The quantitative estimate of drug-likeness (QED) is 0.456. The Labute approximate surface area is 210 Å². The topological polar surface area (TPSA) is 89.7 Å². The van der Waals surface area contributed by atoms with Gasteiger partial charge in [0.15, 0.2) is 11.4 Å². The summed E-state index contributed by atoms with van der Waals surface area (Å²) in [7, 11) is 3.91. The van der Waals surface area contributed by atoms with E-state index in [1.807, 2.05) is 16.8 Å². The highest BCUT2D eigenvalue weighted by Gasteiger charge is 2.30. The number of nitrogens with one attached hydrogen (secondary N) is 1. The Hall–Kier alpha value is -3.17. The molecule has 190 valence electrons. The molecule has 0 spiro atoms. The summed E-state index contributed by atoms with van der Waals surface area (Å²) < 4.78 is 14.8. The maximum Gasteiger partial charge on any atom is 0.326 e. The molecule has 0 atom stereocenters. The van der Waals surface area contributed by atoms with Crippen LogP contribution in [0.1, 0.15) is 50.1 Å². The predicted molar refractivity (Wildman–Crippen MR) is 139 cm³/mol. The van der Waals surface area contributed by atoms with Gasteiger partial charge in [-0.15, -0.1) is 0 Å². The third kappa shape index (κ3) is 4.00. The summed E-state index contributed by atoms with van der Waals surface area (Å²) in [6.07, 6.45) is 9.98. The second-order valence-corrected chi connectivity index (χ2v) is 10.3. The summed E-state index contributed by atoms with van der Waals surface area (Å²) >= 11 is 0. The number of hydrogen-bond acceptors (Lipinski definition) is 6. The zero-order valence-electron chi connectivity index (χ0n) is 21.2. The summed E-state index contributed by atoms with van der Waals surface area (Å²) in [5.74, 6) is 0.665. The number of nitrogens with zero attached hydrogens (tertiary/aromatic N) is 5. The Kier molecular flexibility index (Phi) is 6.05. The molecule has 0 unspecified atom stereocenters. The van der Waals surface area contributed by atoms with E-state index in [0.717, 1.165) is 79.5 Å². The number of pyridine rings is 1. The first-order chi connectivity index (χ1) is 17.5. The number of aryl methyl sites for hydroxylation is 1. The van der Waals surface area contributed by atoms with Crippen LogP contribution in [-0.2, 0) is 4.74 Å². The number of rotatable bonds is 5. The summed E-state index contributed by atoms with van der Waals surface area (Å²) in [5.41, 5.74) is 5.60. The van der Waals surface area contributed by atoms with Crippen LogP contribution in [-0.4, -0.2) is 68.5 Å². The van der Waals surface area contributed by atoms with E-state index < -0.39 is 0 Å². The number of aromatic amines is 1. The third-order valence-electron chi connectivity index (χ3n) is 8.31. The van der Waals surface area contributed by atoms with Gasteiger partial charge < -0.3 is 19.4 Å². The highest BCUT2D eigenvalue weighted by Crippen LogP contribution is 2.35. The molecule has 1 aliphatic carbocycles. The van der Waals surface area contributed by atoms with E-state index in [2.05, 4.69) is 46.1 Å². The number of aromatic nitrogens is 5. The maximum atomic E-state index is 13.1. The Balaban J connectivity index is 1.27. The van der Waals surface area contributed by atoms with Crippen molar-refractivity contribution in [2.24, 2.45) is 0 Å². The second kappa shape index (κ2) is 9.37. The molecule has 3 aromatic heterocycles. The van der Waals surface area contributed by atoms with Crippen LogP contribution in [0.3, 0.4) is 0 Å². The smallest absolute Gasteiger partial charge is 0.326 e. The van der Waals surface area contributed by atoms with Gasteiger partial charge in [0.1, 0.15) is 6.33 Å². The summed E-state index contributed by atoms with van der Waals surface area (Å²) in [5, 5.41) is 4.29. The van der Waals surface area contributed by atoms with Crippen molar-refractivity contribution in [2.45, 2.75) is 63.6 Å². The van der Waals surface area contributed by atoms with Gasteiger partial charge >= 0.3 is 5.69 Å². The van der Waals surface area contributed by atoms with Crippen molar-refractivity contribution in [1.82, 2.24) is 29.0 Å². The van der Waals surface area contributed by atoms with Crippen LogP contribution in [0, 0.1) is 6.92 Å². The van der Waals surface area contributed by atoms with Crippen LogP contribution >= 0.6 is 0 Å². The maximum absolute atomic E-state index is 13.1. The Bertz CT molecular complexity index is 1440. The van der Waals surface area contributed by atoms with Crippen molar-refractivity contribution in [2.75, 3.05) is 27.4 Å². The lowest BCUT2D eigenvalue weighted by molar-refractivity contribution is 0.0193. The Morgan fingerprint density at radius 1 is 1.08 bits per heavy atom. The van der Waals surface area contributed by atoms with E-state index in [4.69, 9.17) is 9.47 Å². The van der Waals surface area contributed by atoms with Gasteiger partial charge in [-0.05, 0) is 81.8 Å². The molecule has 2 fully saturated rings. The zero-order valence-corrected chi connectivity index (χ0v) is 21.2. The molecule has 1 aliphatic heterocycles. The monoisotopic (exact) mass is 490 g/mol. The molecule has 1 saturated heterocycles. The first-order valence-corrected chi connectivity index (χ1v) is 13.0. The van der Waals surface area contributed by atoms with E-state index in [-0.39, 0.29) is 11.7 Å². The van der Waals surface area contributed by atoms with Crippen LogP contribution < -0.4 is 10.4 Å². The summed E-state index contributed by atoms with van der Waals surface area (Å²) in [6.45, 7) is 3.83. The second-order valence-electron chi connectivity index (χ2n) is 10.3. The number of methoxy groups -OCH3 is 1. The molecule has 1 aromatic carbocycles. The van der Waals surface area contributed by atoms with E-state index in [9.17, 15) is 4.79 Å². The van der Waals surface area contributed by atoms with Gasteiger partial charge in [-0.25, -0.2) is 14.3 Å². The molecule has 0 radical (unpaired) electrons. The summed E-state index contributed by atoms with van der Waals surface area (Å²) in [4.78, 5) is 23.1. The number of imidazole rings is 1. The van der Waals surface area contributed by atoms with Crippen molar-refractivity contribution in [3.8, 4) is 16.9 Å². The molecule has 1 saturated carbocycles. The van der Waals surface area contributed by atoms with Crippen molar-refractivity contribution >= 4 is 16.7 Å². The average Bonchev–Trinajstić information content (AvgIpc) is 3.51. The third-order valence-corrected chi connectivity index (χ3v) is 8.31. The van der Waals surface area contributed by atoms with Gasteiger partial charge in [0, 0.05) is 43.1 Å². The first-order valence-electron chi connectivity index (χ1n) is 13.0. The van der Waals surface area contributed by atoms with E-state index >= 15 is 0 Å². The average molecular weight is 491 g/mol. The fraction of sp³-hybridized carbons (Fsp3) is 0.519. The van der Waals surface area contributed by atoms with E-state index in [1.54, 1.807) is 11.6 Å². The molecular weight excluding hydrogens is 456 g/mol. The van der Waals surface area contributed by atoms with Gasteiger partial charge in [0.2, 0.25) is 0 Å². The van der Waals surface area contributed by atoms with Gasteiger partial charge in [-0.1, -0.05) is 0 Å². The van der Waals surface area contributed by atoms with E-state index in [0.29, 0.717) is 23.5 Å². The Morgan fingerprint density at radius 3 is 2.58 bits per heavy atom. The van der Waals surface area contributed by atoms with Gasteiger partial charge in [-0.3, -0.25) is 4.57 Å². The lowest BCUT2D eigenvalue weighted by atomic mass is 9.88. The minimum Gasteiger partial charge on any atom is -0.493 e. The Morgan fingerprint density at radius 2 is 1.83 bits per heavy atom. The molecular formula is C27H34N6O3. The molecule has 36 heavy (non-hydrogen) atoms. The summed E-state index contributed by atoms with van der Waals surface area (Å²) in [6, 6.07) is 7.62. The molecule has 0 amide bonds. The van der Waals surface area contributed by atoms with Crippen LogP contribution in [0.4, 0.5) is 0 Å². The fourth-order valence-corrected chi connectivity index (χ4v) is 6.26. The number of fused-ring (bicyclic) bond motifs is 2. The van der Waals surface area contributed by atoms with Gasteiger partial charge in [0.05, 0.1) is 18.1 Å². The molecule has 9 heteroatoms. The number of ether oxygens (including phenoxy) is 2. The van der Waals surface area contributed by atoms with Crippen LogP contribution in [0.25, 0.3) is 27.8 Å². The highest BCUT2D eigenvalue weighted by molar-refractivity contribution is 5.85. The predicted octanol–water partition coefficient (Wildman–Crippen LogP) is 3.95. The van der Waals surface area contributed by atoms with Crippen molar-refractivity contribution in [3.63, 3.8) is 0 Å². The van der Waals surface area contributed by atoms with Crippen molar-refractivity contribution in [1.29, 1.82) is 0 Å². The molecule has 4 heterocycles. The molecule has 4 aromatic rings. The van der Waals surface area contributed by atoms with Gasteiger partial charge in [0.25, 0.3) is 0 Å².